The van der Waals surface area contributed by atoms with Gasteiger partial charge in [0, 0.05) is 0 Å². The fourth-order valence-electron chi connectivity index (χ4n) is 4.75. The number of halogens is 2. The first-order chi connectivity index (χ1) is 20.6. The standard InChI is InChI=1S/C33H30Cl2N2O5S/c1-5-40-32(39)29-20(4)36-33-37(30(29)23-10-12-24(13-11-23)42-19(2)3)31(38)28(43-33)17-21-7-6-8-25(15-21)41-18-22-9-14-26(34)27(35)16-22/h6-17,19,30H,5,18H2,1-4H3/b28-17+/t30-/m0/s1. The highest BCUT2D eigenvalue weighted by Crippen LogP contribution is 2.32. The van der Waals surface area contributed by atoms with E-state index in [1.165, 1.54) is 11.3 Å². The van der Waals surface area contributed by atoms with Crippen molar-refractivity contribution in [2.24, 2.45) is 4.99 Å². The zero-order valence-corrected chi connectivity index (χ0v) is 26.4. The van der Waals surface area contributed by atoms with Crippen LogP contribution in [0.15, 0.2) is 87.8 Å². The lowest BCUT2D eigenvalue weighted by molar-refractivity contribution is -0.139. The number of carbonyl (C=O) groups excluding carboxylic acids is 1. The van der Waals surface area contributed by atoms with Crippen LogP contribution in [0.25, 0.3) is 6.08 Å². The molecule has 0 unspecified atom stereocenters. The Kier molecular flexibility index (Phi) is 9.40. The molecule has 0 spiro atoms. The van der Waals surface area contributed by atoms with E-state index in [1.807, 2.05) is 68.4 Å². The molecular weight excluding hydrogens is 607 g/mol. The summed E-state index contributed by atoms with van der Waals surface area (Å²) in [5.74, 6) is 0.831. The first-order valence-electron chi connectivity index (χ1n) is 13.8. The van der Waals surface area contributed by atoms with E-state index in [2.05, 4.69) is 4.99 Å². The molecule has 0 fully saturated rings. The molecule has 0 radical (unpaired) electrons. The van der Waals surface area contributed by atoms with Crippen LogP contribution in [0.4, 0.5) is 0 Å². The van der Waals surface area contributed by atoms with Gasteiger partial charge in [0.25, 0.3) is 5.56 Å². The van der Waals surface area contributed by atoms with Crippen LogP contribution < -0.4 is 24.4 Å². The molecule has 5 rings (SSSR count). The van der Waals surface area contributed by atoms with Crippen molar-refractivity contribution in [1.82, 2.24) is 4.57 Å². The molecule has 3 aromatic carbocycles. The second-order valence-corrected chi connectivity index (χ2v) is 12.0. The number of rotatable bonds is 9. The highest BCUT2D eigenvalue weighted by atomic mass is 35.5. The fraction of sp³-hybridized carbons (Fsp3) is 0.242. The Morgan fingerprint density at radius 1 is 1.05 bits per heavy atom. The van der Waals surface area contributed by atoms with Crippen LogP contribution in [0, 0.1) is 0 Å². The Morgan fingerprint density at radius 2 is 1.81 bits per heavy atom. The summed E-state index contributed by atoms with van der Waals surface area (Å²) >= 11 is 13.4. The van der Waals surface area contributed by atoms with Gasteiger partial charge in [-0.1, -0.05) is 64.9 Å². The predicted octanol–water partition coefficient (Wildman–Crippen LogP) is 6.47. The Balaban J connectivity index is 1.52. The van der Waals surface area contributed by atoms with E-state index in [1.54, 1.807) is 36.6 Å². The number of nitrogens with zero attached hydrogens (tertiary/aromatic N) is 2. The minimum Gasteiger partial charge on any atom is -0.491 e. The third-order valence-corrected chi connectivity index (χ3v) is 8.35. The molecule has 1 aliphatic heterocycles. The second-order valence-electron chi connectivity index (χ2n) is 10.1. The topological polar surface area (TPSA) is 79.1 Å². The molecule has 0 amide bonds. The van der Waals surface area contributed by atoms with Gasteiger partial charge >= 0.3 is 5.97 Å². The average molecular weight is 638 g/mol. The van der Waals surface area contributed by atoms with Crippen molar-refractivity contribution in [1.29, 1.82) is 0 Å². The molecule has 222 valence electrons. The summed E-state index contributed by atoms with van der Waals surface area (Å²) in [5, 5.41) is 0.948. The molecule has 1 aliphatic rings. The highest BCUT2D eigenvalue weighted by Gasteiger charge is 2.33. The number of carbonyl (C=O) groups is 1. The number of fused-ring (bicyclic) bond motifs is 1. The fourth-order valence-corrected chi connectivity index (χ4v) is 6.12. The van der Waals surface area contributed by atoms with Crippen LogP contribution >= 0.6 is 34.5 Å². The lowest BCUT2D eigenvalue weighted by Gasteiger charge is -2.25. The second kappa shape index (κ2) is 13.2. The van der Waals surface area contributed by atoms with Crippen LogP contribution in [-0.4, -0.2) is 23.2 Å². The van der Waals surface area contributed by atoms with E-state index in [-0.39, 0.29) is 18.3 Å². The van der Waals surface area contributed by atoms with E-state index in [0.717, 1.165) is 16.7 Å². The van der Waals surface area contributed by atoms with Gasteiger partial charge in [0.1, 0.15) is 18.1 Å². The number of ether oxygens (including phenoxy) is 3. The van der Waals surface area contributed by atoms with Crippen molar-refractivity contribution >= 4 is 46.6 Å². The van der Waals surface area contributed by atoms with Crippen LogP contribution in [-0.2, 0) is 16.1 Å². The highest BCUT2D eigenvalue weighted by molar-refractivity contribution is 7.07. The van der Waals surface area contributed by atoms with Crippen molar-refractivity contribution in [3.05, 3.63) is 124 Å². The smallest absolute Gasteiger partial charge is 0.338 e. The first kappa shape index (κ1) is 30.6. The number of esters is 1. The van der Waals surface area contributed by atoms with Crippen molar-refractivity contribution in [2.75, 3.05) is 6.61 Å². The summed E-state index contributed by atoms with van der Waals surface area (Å²) in [6, 6.07) is 19.5. The monoisotopic (exact) mass is 636 g/mol. The average Bonchev–Trinajstić information content (AvgIpc) is 3.27. The lowest BCUT2D eigenvalue weighted by Crippen LogP contribution is -2.39. The summed E-state index contributed by atoms with van der Waals surface area (Å²) in [6.45, 7) is 7.93. The van der Waals surface area contributed by atoms with Crippen LogP contribution in [0.5, 0.6) is 11.5 Å². The zero-order valence-electron chi connectivity index (χ0n) is 24.1. The Hall–Kier alpha value is -3.85. The van der Waals surface area contributed by atoms with Gasteiger partial charge in [-0.05, 0) is 86.9 Å². The molecule has 4 aromatic rings. The van der Waals surface area contributed by atoms with E-state index in [4.69, 9.17) is 37.4 Å². The summed E-state index contributed by atoms with van der Waals surface area (Å²) in [7, 11) is 0. The van der Waals surface area contributed by atoms with E-state index < -0.39 is 12.0 Å². The first-order valence-corrected chi connectivity index (χ1v) is 15.3. The van der Waals surface area contributed by atoms with Gasteiger partial charge in [-0.25, -0.2) is 9.79 Å². The van der Waals surface area contributed by atoms with Crippen LogP contribution in [0.1, 0.15) is 50.4 Å². The Bertz CT molecular complexity index is 1880. The molecule has 0 saturated carbocycles. The molecule has 0 bridgehead atoms. The molecular formula is C33H30Cl2N2O5S. The maximum absolute atomic E-state index is 13.9. The van der Waals surface area contributed by atoms with Crippen molar-refractivity contribution in [2.45, 2.75) is 46.4 Å². The van der Waals surface area contributed by atoms with Gasteiger partial charge in [0.05, 0.1) is 44.6 Å². The van der Waals surface area contributed by atoms with Crippen LogP contribution in [0.2, 0.25) is 10.0 Å². The minimum atomic E-state index is -0.702. The van der Waals surface area contributed by atoms with Gasteiger partial charge in [0.2, 0.25) is 0 Å². The largest absolute Gasteiger partial charge is 0.491 e. The number of thiazole rings is 1. The van der Waals surface area contributed by atoms with Crippen molar-refractivity contribution in [3.63, 3.8) is 0 Å². The molecule has 7 nitrogen and oxygen atoms in total. The summed E-state index contributed by atoms with van der Waals surface area (Å²) in [5.41, 5.74) is 2.99. The zero-order chi connectivity index (χ0) is 30.7. The Morgan fingerprint density at radius 3 is 2.51 bits per heavy atom. The van der Waals surface area contributed by atoms with E-state index >= 15 is 0 Å². The van der Waals surface area contributed by atoms with Crippen molar-refractivity contribution in [3.8, 4) is 11.5 Å². The number of allylic oxidation sites excluding steroid dienone is 1. The minimum absolute atomic E-state index is 0.0144. The summed E-state index contributed by atoms with van der Waals surface area (Å²) < 4.78 is 19.2. The summed E-state index contributed by atoms with van der Waals surface area (Å²) in [6.07, 6.45) is 1.82. The third-order valence-electron chi connectivity index (χ3n) is 6.63. The quantitative estimate of drug-likeness (QED) is 0.197. The normalized spacial score (nSPS) is 14.9. The maximum atomic E-state index is 13.9. The molecule has 10 heteroatoms. The molecule has 2 heterocycles. The van der Waals surface area contributed by atoms with Crippen molar-refractivity contribution < 1.29 is 19.0 Å². The van der Waals surface area contributed by atoms with E-state index in [9.17, 15) is 9.59 Å². The molecule has 0 saturated heterocycles. The summed E-state index contributed by atoms with van der Waals surface area (Å²) in [4.78, 5) is 32.2. The maximum Gasteiger partial charge on any atom is 0.338 e. The molecule has 0 aliphatic carbocycles. The number of benzene rings is 3. The Labute approximate surface area is 263 Å². The molecule has 0 N–H and O–H groups in total. The number of hydrogen-bond acceptors (Lipinski definition) is 7. The molecule has 1 atom stereocenters. The molecule has 1 aromatic heterocycles. The predicted molar refractivity (Wildman–Crippen MR) is 170 cm³/mol. The number of aromatic nitrogens is 1. The van der Waals surface area contributed by atoms with Gasteiger partial charge in [-0.2, -0.15) is 0 Å². The van der Waals surface area contributed by atoms with Gasteiger partial charge in [0.15, 0.2) is 4.80 Å². The lowest BCUT2D eigenvalue weighted by atomic mass is 9.96. The van der Waals surface area contributed by atoms with Gasteiger partial charge in [-0.15, -0.1) is 0 Å². The number of hydrogen-bond donors (Lipinski definition) is 0. The van der Waals surface area contributed by atoms with Gasteiger partial charge < -0.3 is 14.2 Å². The SMILES string of the molecule is CCOC(=O)C1=C(C)N=c2s/c(=C/c3cccc(OCc4ccc(Cl)c(Cl)c4)c3)c(=O)n2[C@H]1c1ccc(OC(C)C)cc1. The van der Waals surface area contributed by atoms with Gasteiger partial charge in [-0.3, -0.25) is 9.36 Å². The molecule has 43 heavy (non-hydrogen) atoms. The van der Waals surface area contributed by atoms with Crippen LogP contribution in [0.3, 0.4) is 0 Å². The third kappa shape index (κ3) is 6.88. The van der Waals surface area contributed by atoms with E-state index in [0.29, 0.717) is 48.8 Å².